The maximum absolute atomic E-state index is 11.8. The van der Waals surface area contributed by atoms with Gasteiger partial charge in [0.2, 0.25) is 5.91 Å². The van der Waals surface area contributed by atoms with Crippen LogP contribution in [-0.4, -0.2) is 22.5 Å². The van der Waals surface area contributed by atoms with Crippen LogP contribution < -0.4 is 11.1 Å². The molecule has 0 bridgehead atoms. The number of nitrogens with zero attached hydrogens (tertiary/aromatic N) is 1. The highest BCUT2D eigenvalue weighted by Gasteiger charge is 2.48. The van der Waals surface area contributed by atoms with E-state index < -0.39 is 5.41 Å². The Bertz CT molecular complexity index is 427. The number of hydrogen-bond acceptors (Lipinski definition) is 4. The molecule has 0 atom stereocenters. The molecule has 0 saturated heterocycles. The van der Waals surface area contributed by atoms with Crippen LogP contribution in [0.4, 0.5) is 5.82 Å². The smallest absolute Gasteiger partial charge is 0.233 e. The zero-order valence-electron chi connectivity index (χ0n) is 9.16. The molecule has 0 aromatic carbocycles. The van der Waals surface area contributed by atoms with E-state index in [1.807, 2.05) is 0 Å². The van der Waals surface area contributed by atoms with Gasteiger partial charge in [-0.05, 0) is 31.9 Å². The second kappa shape index (κ2) is 3.75. The molecule has 0 spiro atoms. The van der Waals surface area contributed by atoms with E-state index in [1.165, 1.54) is 6.07 Å². The first-order valence-electron chi connectivity index (χ1n) is 5.25. The number of aromatic hydroxyl groups is 1. The van der Waals surface area contributed by atoms with Crippen LogP contribution in [-0.2, 0) is 4.79 Å². The van der Waals surface area contributed by atoms with Gasteiger partial charge in [0.25, 0.3) is 0 Å². The van der Waals surface area contributed by atoms with E-state index in [2.05, 4.69) is 10.3 Å². The van der Waals surface area contributed by atoms with E-state index in [1.54, 1.807) is 13.0 Å². The minimum Gasteiger partial charge on any atom is -0.504 e. The van der Waals surface area contributed by atoms with Crippen molar-refractivity contribution in [2.45, 2.75) is 19.8 Å². The van der Waals surface area contributed by atoms with Gasteiger partial charge in [0, 0.05) is 12.2 Å². The van der Waals surface area contributed by atoms with Crippen molar-refractivity contribution in [2.75, 3.05) is 11.9 Å². The van der Waals surface area contributed by atoms with Gasteiger partial charge in [-0.25, -0.2) is 4.98 Å². The quantitative estimate of drug-likeness (QED) is 0.703. The number of aryl methyl sites for hydroxylation is 1. The van der Waals surface area contributed by atoms with Crippen LogP contribution in [0.25, 0.3) is 0 Å². The Morgan fingerprint density at radius 1 is 1.62 bits per heavy atom. The molecule has 2 rings (SSSR count). The second-order valence-electron chi connectivity index (χ2n) is 4.26. The minimum absolute atomic E-state index is 0.0215. The lowest BCUT2D eigenvalue weighted by molar-refractivity contribution is -0.120. The maximum atomic E-state index is 11.8. The molecule has 5 heteroatoms. The maximum Gasteiger partial charge on any atom is 0.233 e. The lowest BCUT2D eigenvalue weighted by Crippen LogP contribution is -2.31. The third-order valence-electron chi connectivity index (χ3n) is 2.97. The summed E-state index contributed by atoms with van der Waals surface area (Å²) in [5, 5.41) is 12.2. The molecule has 0 radical (unpaired) electrons. The SMILES string of the molecule is Cc1ccc(O)c(NC(=O)C2(CN)CC2)n1. The summed E-state index contributed by atoms with van der Waals surface area (Å²) in [6.45, 7) is 2.14. The van der Waals surface area contributed by atoms with Gasteiger partial charge in [-0.1, -0.05) is 0 Å². The predicted octanol–water partition coefficient (Wildman–Crippen LogP) is 0.773. The number of aromatic nitrogens is 1. The van der Waals surface area contributed by atoms with Crippen LogP contribution in [0.15, 0.2) is 12.1 Å². The molecule has 4 N–H and O–H groups in total. The van der Waals surface area contributed by atoms with Crippen LogP contribution >= 0.6 is 0 Å². The number of pyridine rings is 1. The van der Waals surface area contributed by atoms with E-state index >= 15 is 0 Å². The molecular weight excluding hydrogens is 206 g/mol. The Morgan fingerprint density at radius 3 is 2.88 bits per heavy atom. The van der Waals surface area contributed by atoms with Crippen molar-refractivity contribution in [3.63, 3.8) is 0 Å². The standard InChI is InChI=1S/C11H15N3O2/c1-7-2-3-8(15)9(13-7)14-10(16)11(6-12)4-5-11/h2-3,15H,4-6,12H2,1H3,(H,13,14,16). The summed E-state index contributed by atoms with van der Waals surface area (Å²) in [6.07, 6.45) is 1.61. The molecule has 16 heavy (non-hydrogen) atoms. The predicted molar refractivity (Wildman–Crippen MR) is 60.0 cm³/mol. The zero-order valence-corrected chi connectivity index (χ0v) is 9.16. The first kappa shape index (κ1) is 10.9. The third-order valence-corrected chi connectivity index (χ3v) is 2.97. The van der Waals surface area contributed by atoms with Crippen molar-refractivity contribution in [1.82, 2.24) is 4.98 Å². The van der Waals surface area contributed by atoms with Crippen LogP contribution in [0, 0.1) is 12.3 Å². The van der Waals surface area contributed by atoms with Crippen molar-refractivity contribution in [3.8, 4) is 5.75 Å². The zero-order chi connectivity index (χ0) is 11.8. The van der Waals surface area contributed by atoms with Crippen LogP contribution in [0.2, 0.25) is 0 Å². The number of rotatable bonds is 3. The Balaban J connectivity index is 2.15. The highest BCUT2D eigenvalue weighted by Crippen LogP contribution is 2.45. The van der Waals surface area contributed by atoms with E-state index in [0.29, 0.717) is 6.54 Å². The van der Waals surface area contributed by atoms with E-state index in [0.717, 1.165) is 18.5 Å². The number of carbonyl (C=O) groups is 1. The fraction of sp³-hybridized carbons (Fsp3) is 0.455. The summed E-state index contributed by atoms with van der Waals surface area (Å²) in [5.41, 5.74) is 5.86. The van der Waals surface area contributed by atoms with Crippen molar-refractivity contribution in [3.05, 3.63) is 17.8 Å². The lowest BCUT2D eigenvalue weighted by Gasteiger charge is -2.13. The number of anilines is 1. The third kappa shape index (κ3) is 1.86. The Kier molecular flexibility index (Phi) is 2.55. The molecule has 1 fully saturated rings. The monoisotopic (exact) mass is 221 g/mol. The topological polar surface area (TPSA) is 88.2 Å². The average molecular weight is 221 g/mol. The number of amides is 1. The molecule has 1 aliphatic carbocycles. The molecular formula is C11H15N3O2. The fourth-order valence-corrected chi connectivity index (χ4v) is 1.56. The summed E-state index contributed by atoms with van der Waals surface area (Å²) in [7, 11) is 0. The Labute approximate surface area is 93.7 Å². The van der Waals surface area contributed by atoms with Gasteiger partial charge >= 0.3 is 0 Å². The molecule has 0 unspecified atom stereocenters. The van der Waals surface area contributed by atoms with Crippen molar-refractivity contribution in [2.24, 2.45) is 11.1 Å². The van der Waals surface area contributed by atoms with Gasteiger partial charge < -0.3 is 16.2 Å². The number of carbonyl (C=O) groups excluding carboxylic acids is 1. The first-order chi connectivity index (χ1) is 7.57. The highest BCUT2D eigenvalue weighted by atomic mass is 16.3. The van der Waals surface area contributed by atoms with E-state index in [4.69, 9.17) is 5.73 Å². The van der Waals surface area contributed by atoms with Gasteiger partial charge in [0.05, 0.1) is 5.41 Å². The van der Waals surface area contributed by atoms with Crippen molar-refractivity contribution < 1.29 is 9.90 Å². The van der Waals surface area contributed by atoms with E-state index in [-0.39, 0.29) is 17.5 Å². The molecule has 86 valence electrons. The molecule has 0 aliphatic heterocycles. The summed E-state index contributed by atoms with van der Waals surface area (Å²) >= 11 is 0. The molecule has 1 heterocycles. The van der Waals surface area contributed by atoms with Crippen LogP contribution in [0.3, 0.4) is 0 Å². The highest BCUT2D eigenvalue weighted by molar-refractivity contribution is 5.97. The van der Waals surface area contributed by atoms with Crippen molar-refractivity contribution in [1.29, 1.82) is 0 Å². The Morgan fingerprint density at radius 2 is 2.31 bits per heavy atom. The number of hydrogen-bond donors (Lipinski definition) is 3. The minimum atomic E-state index is -0.433. The molecule has 1 aromatic rings. The summed E-state index contributed by atoms with van der Waals surface area (Å²) in [4.78, 5) is 15.9. The summed E-state index contributed by atoms with van der Waals surface area (Å²) < 4.78 is 0. The van der Waals surface area contributed by atoms with Gasteiger partial charge in [-0.15, -0.1) is 0 Å². The first-order valence-corrected chi connectivity index (χ1v) is 5.25. The van der Waals surface area contributed by atoms with Crippen LogP contribution in [0.1, 0.15) is 18.5 Å². The molecule has 5 nitrogen and oxygen atoms in total. The van der Waals surface area contributed by atoms with Gasteiger partial charge in [-0.3, -0.25) is 4.79 Å². The average Bonchev–Trinajstić information content (AvgIpc) is 3.04. The second-order valence-corrected chi connectivity index (χ2v) is 4.26. The lowest BCUT2D eigenvalue weighted by atomic mass is 10.1. The van der Waals surface area contributed by atoms with Gasteiger partial charge in [-0.2, -0.15) is 0 Å². The number of nitrogens with two attached hydrogens (primary N) is 1. The summed E-state index contributed by atoms with van der Waals surface area (Å²) in [5.74, 6) is 0.0416. The van der Waals surface area contributed by atoms with E-state index in [9.17, 15) is 9.90 Å². The molecule has 1 aromatic heterocycles. The van der Waals surface area contributed by atoms with Gasteiger partial charge in [0.1, 0.15) is 0 Å². The normalized spacial score (nSPS) is 16.9. The fourth-order valence-electron chi connectivity index (χ4n) is 1.56. The molecule has 1 saturated carbocycles. The largest absolute Gasteiger partial charge is 0.504 e. The van der Waals surface area contributed by atoms with Crippen LogP contribution in [0.5, 0.6) is 5.75 Å². The molecule has 1 aliphatic rings. The Hall–Kier alpha value is -1.62. The molecule has 1 amide bonds. The van der Waals surface area contributed by atoms with Gasteiger partial charge in [0.15, 0.2) is 11.6 Å². The summed E-state index contributed by atoms with van der Waals surface area (Å²) in [6, 6.07) is 3.20. The van der Waals surface area contributed by atoms with Crippen molar-refractivity contribution >= 4 is 11.7 Å². The number of nitrogens with one attached hydrogen (secondary N) is 1.